The molecule has 4 heterocycles. The van der Waals surface area contributed by atoms with Crippen molar-refractivity contribution in [3.05, 3.63) is 90.3 Å². The number of aromatic nitrogens is 5. The van der Waals surface area contributed by atoms with Crippen molar-refractivity contribution < 1.29 is 9.16 Å². The summed E-state index contributed by atoms with van der Waals surface area (Å²) in [5, 5.41) is 16.9. The number of hydrogen-bond donors (Lipinski definition) is 0. The van der Waals surface area contributed by atoms with Crippen LogP contribution in [-0.4, -0.2) is 70.1 Å². The number of hydrogen-bond acceptors (Lipinski definition) is 6. The highest BCUT2D eigenvalue weighted by atomic mass is 28.4. The molecule has 0 bridgehead atoms. The van der Waals surface area contributed by atoms with Crippen molar-refractivity contribution in [3.63, 3.8) is 0 Å². The summed E-state index contributed by atoms with van der Waals surface area (Å²) in [5.74, 6) is 3.01. The second-order valence-corrected chi connectivity index (χ2v) is 21.0. The van der Waals surface area contributed by atoms with E-state index in [1.54, 1.807) is 0 Å². The number of benzene rings is 2. The molecule has 1 spiro atoms. The van der Waals surface area contributed by atoms with Gasteiger partial charge in [-0.05, 0) is 78.3 Å². The molecule has 2 aliphatic carbocycles. The minimum Gasteiger partial charge on any atom is -0.400 e. The van der Waals surface area contributed by atoms with E-state index in [4.69, 9.17) is 24.5 Å². The van der Waals surface area contributed by atoms with Crippen molar-refractivity contribution in [3.8, 4) is 0 Å². The van der Waals surface area contributed by atoms with E-state index in [1.165, 1.54) is 67.6 Å². The van der Waals surface area contributed by atoms with Gasteiger partial charge >= 0.3 is 0 Å². The molecule has 49 heavy (non-hydrogen) atoms. The number of nitrogens with zero attached hydrogens (tertiary/aromatic N) is 6. The summed E-state index contributed by atoms with van der Waals surface area (Å²) in [5.41, 5.74) is 1.94. The summed E-state index contributed by atoms with van der Waals surface area (Å²) in [4.78, 5) is 2.72. The van der Waals surface area contributed by atoms with Crippen LogP contribution in [0.3, 0.4) is 0 Å². The molecule has 4 fully saturated rings. The molecule has 0 N–H and O–H groups in total. The molecule has 0 amide bonds. The van der Waals surface area contributed by atoms with Gasteiger partial charge in [0.2, 0.25) is 0 Å². The highest BCUT2D eigenvalue weighted by molar-refractivity contribution is 6.99. The van der Waals surface area contributed by atoms with E-state index in [0.717, 1.165) is 43.7 Å². The zero-order valence-corrected chi connectivity index (χ0v) is 30.9. The van der Waals surface area contributed by atoms with Crippen LogP contribution in [0.5, 0.6) is 0 Å². The Hall–Kier alpha value is -3.11. The first-order chi connectivity index (χ1) is 23.7. The molecule has 2 aromatic heterocycles. The highest BCUT2D eigenvalue weighted by Crippen LogP contribution is 2.44. The summed E-state index contributed by atoms with van der Waals surface area (Å²) < 4.78 is 17.2. The van der Waals surface area contributed by atoms with Gasteiger partial charge in [-0.2, -0.15) is 5.10 Å². The predicted molar refractivity (Wildman–Crippen MR) is 196 cm³/mol. The third-order valence-electron chi connectivity index (χ3n) is 12.5. The van der Waals surface area contributed by atoms with E-state index >= 15 is 0 Å². The van der Waals surface area contributed by atoms with Crippen LogP contribution in [0.2, 0.25) is 5.04 Å². The van der Waals surface area contributed by atoms with Crippen LogP contribution in [0.15, 0.2) is 73.1 Å². The molecule has 0 radical (unpaired) electrons. The fourth-order valence-corrected chi connectivity index (χ4v) is 14.1. The molecule has 2 saturated carbocycles. The first-order valence-electron chi connectivity index (χ1n) is 18.7. The van der Waals surface area contributed by atoms with E-state index in [0.29, 0.717) is 29.9 Å². The minimum atomic E-state index is -2.65. The van der Waals surface area contributed by atoms with Crippen molar-refractivity contribution in [2.75, 3.05) is 26.3 Å². The van der Waals surface area contributed by atoms with Gasteiger partial charge in [0.15, 0.2) is 5.82 Å². The van der Waals surface area contributed by atoms with Gasteiger partial charge in [-0.25, -0.2) is 0 Å². The van der Waals surface area contributed by atoms with Gasteiger partial charge < -0.3 is 13.7 Å². The first-order valence-corrected chi connectivity index (χ1v) is 20.6. The zero-order valence-electron chi connectivity index (χ0n) is 29.9. The van der Waals surface area contributed by atoms with Crippen molar-refractivity contribution in [2.45, 2.75) is 108 Å². The Labute approximate surface area is 293 Å². The lowest BCUT2D eigenvalue weighted by molar-refractivity contribution is -0.200. The van der Waals surface area contributed by atoms with Crippen LogP contribution in [0.25, 0.3) is 0 Å². The number of rotatable bonds is 9. The van der Waals surface area contributed by atoms with Crippen LogP contribution in [-0.2, 0) is 22.8 Å². The summed E-state index contributed by atoms with van der Waals surface area (Å²) >= 11 is 0. The summed E-state index contributed by atoms with van der Waals surface area (Å²) in [7, 11) is -0.520. The molecule has 8 rings (SSSR count). The van der Waals surface area contributed by atoms with Gasteiger partial charge in [0, 0.05) is 43.7 Å². The smallest absolute Gasteiger partial charge is 0.261 e. The Morgan fingerprint density at radius 3 is 1.96 bits per heavy atom. The quantitative estimate of drug-likeness (QED) is 0.193. The molecular weight excluding hydrogens is 625 g/mol. The number of likely N-dealkylation sites (tertiary alicyclic amines) is 1. The van der Waals surface area contributed by atoms with Gasteiger partial charge in [-0.15, -0.1) is 10.2 Å². The average molecular weight is 679 g/mol. The van der Waals surface area contributed by atoms with Crippen LogP contribution in [0, 0.1) is 5.41 Å². The third-order valence-corrected chi connectivity index (χ3v) is 17.5. The van der Waals surface area contributed by atoms with Crippen LogP contribution in [0.4, 0.5) is 0 Å². The average Bonchev–Trinajstić information content (AvgIpc) is 3.72. The normalized spacial score (nSPS) is 26.0. The Kier molecular flexibility index (Phi) is 8.91. The lowest BCUT2D eigenvalue weighted by Crippen LogP contribution is -2.68. The van der Waals surface area contributed by atoms with E-state index in [2.05, 4.69) is 115 Å². The highest BCUT2D eigenvalue weighted by Gasteiger charge is 2.51. The maximum Gasteiger partial charge on any atom is 0.261 e. The Morgan fingerprint density at radius 1 is 0.796 bits per heavy atom. The molecular formula is C40H54N6O2Si. The summed E-state index contributed by atoms with van der Waals surface area (Å²) in [6, 6.07) is 23.0. The van der Waals surface area contributed by atoms with Crippen molar-refractivity contribution in [1.82, 2.24) is 29.4 Å². The standard InChI is InChI=1S/C40H54N6O2Si/c1-39(2,3)49(35-11-7-5-8-12-35,36-13-9-6-10-14-36)48-25-37-42-43-38(44(37)4)31-17-15-30(16-18-31)32-23-41-46(24-32)34-21-19-33(20-22-34)45-26-40(27-45)28-47-29-40/h5-14,23-24,30-31,33-34H,15-22,25-29H2,1-4H3/t30-,31-,33-,34-. The lowest BCUT2D eigenvalue weighted by atomic mass is 9.75. The van der Waals surface area contributed by atoms with Crippen LogP contribution in [0.1, 0.15) is 107 Å². The molecule has 2 aromatic carbocycles. The Balaban J connectivity index is 0.886. The molecule has 2 saturated heterocycles. The van der Waals surface area contributed by atoms with Gasteiger partial charge in [-0.1, -0.05) is 81.4 Å². The first kappa shape index (κ1) is 33.1. The molecule has 8 nitrogen and oxygen atoms in total. The minimum absolute atomic E-state index is 0.0772. The van der Waals surface area contributed by atoms with Gasteiger partial charge in [0.1, 0.15) is 5.82 Å². The van der Waals surface area contributed by atoms with Crippen LogP contribution < -0.4 is 10.4 Å². The Morgan fingerprint density at radius 2 is 1.39 bits per heavy atom. The SMILES string of the molecule is Cn1c(CO[Si](c2ccccc2)(c2ccccc2)C(C)(C)C)nnc1[C@H]1CC[C@H](c2cnn([C@H]3CC[C@H](N4CC5(COC5)C4)CC3)c2)CC1. The van der Waals surface area contributed by atoms with E-state index in [1.807, 2.05) is 0 Å². The monoisotopic (exact) mass is 678 g/mol. The molecule has 0 atom stereocenters. The Bertz CT molecular complexity index is 1650. The number of ether oxygens (including phenoxy) is 1. The molecule has 0 unspecified atom stereocenters. The van der Waals surface area contributed by atoms with E-state index in [9.17, 15) is 0 Å². The maximum absolute atomic E-state index is 7.20. The van der Waals surface area contributed by atoms with Crippen molar-refractivity contribution >= 4 is 18.7 Å². The maximum atomic E-state index is 7.20. The van der Waals surface area contributed by atoms with Gasteiger partial charge in [0.05, 0.1) is 32.1 Å². The van der Waals surface area contributed by atoms with Crippen LogP contribution >= 0.6 is 0 Å². The molecule has 260 valence electrons. The van der Waals surface area contributed by atoms with E-state index < -0.39 is 8.32 Å². The van der Waals surface area contributed by atoms with Gasteiger partial charge in [0.25, 0.3) is 8.32 Å². The summed E-state index contributed by atoms with van der Waals surface area (Å²) in [6.45, 7) is 11.9. The molecule has 4 aromatic rings. The topological polar surface area (TPSA) is 70.2 Å². The molecule has 9 heteroatoms. The molecule has 4 aliphatic rings. The fraction of sp³-hybridized carbons (Fsp3) is 0.575. The summed E-state index contributed by atoms with van der Waals surface area (Å²) in [6.07, 6.45) is 14.2. The zero-order chi connectivity index (χ0) is 33.6. The van der Waals surface area contributed by atoms with Crippen molar-refractivity contribution in [2.24, 2.45) is 12.5 Å². The second kappa shape index (κ2) is 13.2. The lowest BCUT2D eigenvalue weighted by Gasteiger charge is -2.58. The van der Waals surface area contributed by atoms with E-state index in [-0.39, 0.29) is 5.04 Å². The third kappa shape index (κ3) is 6.15. The molecule has 2 aliphatic heterocycles. The fourth-order valence-electron chi connectivity index (χ4n) is 9.57. The van der Waals surface area contributed by atoms with Gasteiger partial charge in [-0.3, -0.25) is 9.58 Å². The predicted octanol–water partition coefficient (Wildman–Crippen LogP) is 6.35. The largest absolute Gasteiger partial charge is 0.400 e. The van der Waals surface area contributed by atoms with Crippen molar-refractivity contribution in [1.29, 1.82) is 0 Å². The second-order valence-electron chi connectivity index (χ2n) is 16.6.